The molecule has 0 radical (unpaired) electrons. The van der Waals surface area contributed by atoms with E-state index in [4.69, 9.17) is 9.47 Å². The highest BCUT2D eigenvalue weighted by molar-refractivity contribution is 5.92. The molecule has 1 aromatic heterocycles. The van der Waals surface area contributed by atoms with Crippen molar-refractivity contribution in [2.24, 2.45) is 0 Å². The van der Waals surface area contributed by atoms with E-state index in [9.17, 15) is 4.79 Å². The van der Waals surface area contributed by atoms with Crippen molar-refractivity contribution in [3.63, 3.8) is 0 Å². The van der Waals surface area contributed by atoms with E-state index in [1.165, 1.54) is 13.4 Å². The van der Waals surface area contributed by atoms with Crippen LogP contribution < -0.4 is 9.64 Å². The van der Waals surface area contributed by atoms with Crippen LogP contribution in [-0.4, -0.2) is 37.1 Å². The van der Waals surface area contributed by atoms with Gasteiger partial charge in [0.25, 0.3) is 0 Å². The standard InChI is InChI=1S/C15H17N3O3/c1-18(2)14-13(12(15(19)20-3)16-10-17-14)21-9-11-7-5-4-6-8-11/h4-8,10H,9H2,1-3H3. The summed E-state index contributed by atoms with van der Waals surface area (Å²) in [6.07, 6.45) is 1.32. The molecule has 0 saturated carbocycles. The number of nitrogens with zero attached hydrogens (tertiary/aromatic N) is 3. The van der Waals surface area contributed by atoms with Crippen molar-refractivity contribution in [2.45, 2.75) is 6.61 Å². The van der Waals surface area contributed by atoms with Crippen LogP contribution in [0.5, 0.6) is 5.75 Å². The molecule has 0 fully saturated rings. The summed E-state index contributed by atoms with van der Waals surface area (Å²) in [6.45, 7) is 0.318. The van der Waals surface area contributed by atoms with Gasteiger partial charge in [-0.25, -0.2) is 14.8 Å². The Morgan fingerprint density at radius 2 is 1.90 bits per heavy atom. The molecule has 0 saturated heterocycles. The number of hydrogen-bond acceptors (Lipinski definition) is 6. The van der Waals surface area contributed by atoms with Crippen LogP contribution in [0.4, 0.5) is 5.82 Å². The highest BCUT2D eigenvalue weighted by Gasteiger charge is 2.21. The normalized spacial score (nSPS) is 10.0. The zero-order valence-electron chi connectivity index (χ0n) is 12.2. The maximum atomic E-state index is 11.8. The van der Waals surface area contributed by atoms with Gasteiger partial charge in [-0.05, 0) is 5.56 Å². The van der Waals surface area contributed by atoms with Gasteiger partial charge in [0.2, 0.25) is 0 Å². The number of carbonyl (C=O) groups is 1. The summed E-state index contributed by atoms with van der Waals surface area (Å²) in [5.41, 5.74) is 1.11. The number of carbonyl (C=O) groups excluding carboxylic acids is 1. The molecule has 0 atom stereocenters. The quantitative estimate of drug-likeness (QED) is 0.783. The Kier molecular flexibility index (Phi) is 4.71. The molecule has 6 heteroatoms. The number of methoxy groups -OCH3 is 1. The average molecular weight is 287 g/mol. The van der Waals surface area contributed by atoms with E-state index >= 15 is 0 Å². The predicted molar refractivity (Wildman–Crippen MR) is 78.5 cm³/mol. The summed E-state index contributed by atoms with van der Waals surface area (Å²) in [7, 11) is 4.94. The molecule has 2 rings (SSSR count). The number of aromatic nitrogens is 2. The SMILES string of the molecule is COC(=O)c1ncnc(N(C)C)c1OCc1ccccc1. The third-order valence-electron chi connectivity index (χ3n) is 2.81. The maximum Gasteiger partial charge on any atom is 0.360 e. The predicted octanol–water partition coefficient (Wildman–Crippen LogP) is 1.91. The zero-order valence-corrected chi connectivity index (χ0v) is 12.2. The molecular weight excluding hydrogens is 270 g/mol. The van der Waals surface area contributed by atoms with Crippen LogP contribution in [0.1, 0.15) is 16.1 Å². The van der Waals surface area contributed by atoms with Gasteiger partial charge in [-0.2, -0.15) is 0 Å². The fraction of sp³-hybridized carbons (Fsp3) is 0.267. The highest BCUT2D eigenvalue weighted by atomic mass is 16.5. The molecular formula is C15H17N3O3. The van der Waals surface area contributed by atoms with Gasteiger partial charge in [-0.15, -0.1) is 0 Å². The van der Waals surface area contributed by atoms with Crippen molar-refractivity contribution >= 4 is 11.8 Å². The van der Waals surface area contributed by atoms with Gasteiger partial charge >= 0.3 is 5.97 Å². The smallest absolute Gasteiger partial charge is 0.360 e. The highest BCUT2D eigenvalue weighted by Crippen LogP contribution is 2.28. The molecule has 1 heterocycles. The van der Waals surface area contributed by atoms with Crippen LogP contribution >= 0.6 is 0 Å². The van der Waals surface area contributed by atoms with Gasteiger partial charge in [-0.3, -0.25) is 0 Å². The van der Waals surface area contributed by atoms with Crippen molar-refractivity contribution in [2.75, 3.05) is 26.1 Å². The van der Waals surface area contributed by atoms with Crippen molar-refractivity contribution in [3.8, 4) is 5.75 Å². The Labute approximate surface area is 123 Å². The lowest BCUT2D eigenvalue weighted by atomic mass is 10.2. The fourth-order valence-corrected chi connectivity index (χ4v) is 1.79. The lowest BCUT2D eigenvalue weighted by Crippen LogP contribution is -2.17. The second kappa shape index (κ2) is 6.69. The summed E-state index contributed by atoms with van der Waals surface area (Å²) in [6, 6.07) is 9.66. The molecule has 0 aliphatic carbocycles. The summed E-state index contributed by atoms with van der Waals surface area (Å²) in [4.78, 5) is 21.7. The van der Waals surface area contributed by atoms with Crippen LogP contribution in [0, 0.1) is 0 Å². The van der Waals surface area contributed by atoms with E-state index in [1.807, 2.05) is 44.4 Å². The topological polar surface area (TPSA) is 64.5 Å². The molecule has 0 unspecified atom stereocenters. The monoisotopic (exact) mass is 287 g/mol. The van der Waals surface area contributed by atoms with Gasteiger partial charge in [0.1, 0.15) is 12.9 Å². The Hall–Kier alpha value is -2.63. The van der Waals surface area contributed by atoms with Crippen molar-refractivity contribution in [1.82, 2.24) is 9.97 Å². The second-order valence-electron chi connectivity index (χ2n) is 4.54. The zero-order chi connectivity index (χ0) is 15.2. The van der Waals surface area contributed by atoms with Crippen LogP contribution in [0.3, 0.4) is 0 Å². The number of anilines is 1. The molecule has 0 aliphatic heterocycles. The molecule has 2 aromatic rings. The minimum absolute atomic E-state index is 0.118. The van der Waals surface area contributed by atoms with Gasteiger partial charge in [0.05, 0.1) is 7.11 Å². The molecule has 0 amide bonds. The third-order valence-corrected chi connectivity index (χ3v) is 2.81. The number of ether oxygens (including phenoxy) is 2. The number of benzene rings is 1. The first-order chi connectivity index (χ1) is 10.1. The minimum Gasteiger partial charge on any atom is -0.483 e. The number of hydrogen-bond donors (Lipinski definition) is 0. The summed E-state index contributed by atoms with van der Waals surface area (Å²) >= 11 is 0. The molecule has 0 bridgehead atoms. The second-order valence-corrected chi connectivity index (χ2v) is 4.54. The maximum absolute atomic E-state index is 11.8. The van der Waals surface area contributed by atoms with E-state index < -0.39 is 5.97 Å². The Morgan fingerprint density at radius 3 is 2.52 bits per heavy atom. The van der Waals surface area contributed by atoms with Crippen LogP contribution in [0.15, 0.2) is 36.7 Å². The number of rotatable bonds is 5. The Bertz CT molecular complexity index is 615. The first-order valence-electron chi connectivity index (χ1n) is 6.41. The molecule has 6 nitrogen and oxygen atoms in total. The largest absolute Gasteiger partial charge is 0.483 e. The Morgan fingerprint density at radius 1 is 1.19 bits per heavy atom. The average Bonchev–Trinajstić information content (AvgIpc) is 2.52. The molecule has 0 aliphatic rings. The molecule has 0 N–H and O–H groups in total. The first kappa shape index (κ1) is 14.8. The van der Waals surface area contributed by atoms with Gasteiger partial charge in [-0.1, -0.05) is 30.3 Å². The van der Waals surface area contributed by atoms with Gasteiger partial charge in [0, 0.05) is 14.1 Å². The van der Waals surface area contributed by atoms with Crippen LogP contribution in [0.25, 0.3) is 0 Å². The number of esters is 1. The lowest BCUT2D eigenvalue weighted by Gasteiger charge is -2.17. The summed E-state index contributed by atoms with van der Waals surface area (Å²) in [5, 5.41) is 0. The fourth-order valence-electron chi connectivity index (χ4n) is 1.79. The van der Waals surface area contributed by atoms with Gasteiger partial charge < -0.3 is 14.4 Å². The molecule has 1 aromatic carbocycles. The lowest BCUT2D eigenvalue weighted by molar-refractivity contribution is 0.0588. The molecule has 110 valence electrons. The molecule has 21 heavy (non-hydrogen) atoms. The van der Waals surface area contributed by atoms with Crippen molar-refractivity contribution in [1.29, 1.82) is 0 Å². The minimum atomic E-state index is -0.552. The third kappa shape index (κ3) is 3.47. The van der Waals surface area contributed by atoms with E-state index in [0.29, 0.717) is 18.2 Å². The van der Waals surface area contributed by atoms with Crippen LogP contribution in [0.2, 0.25) is 0 Å². The summed E-state index contributed by atoms with van der Waals surface area (Å²) in [5.74, 6) is 0.295. The van der Waals surface area contributed by atoms with E-state index in [-0.39, 0.29) is 5.69 Å². The van der Waals surface area contributed by atoms with Crippen molar-refractivity contribution in [3.05, 3.63) is 47.9 Å². The molecule has 0 spiro atoms. The van der Waals surface area contributed by atoms with Gasteiger partial charge in [0.15, 0.2) is 17.3 Å². The van der Waals surface area contributed by atoms with Crippen LogP contribution in [-0.2, 0) is 11.3 Å². The first-order valence-corrected chi connectivity index (χ1v) is 6.41. The van der Waals surface area contributed by atoms with E-state index in [1.54, 1.807) is 4.90 Å². The summed E-state index contributed by atoms with van der Waals surface area (Å²) < 4.78 is 10.5. The van der Waals surface area contributed by atoms with Crippen molar-refractivity contribution < 1.29 is 14.3 Å². The van der Waals surface area contributed by atoms with E-state index in [2.05, 4.69) is 9.97 Å². The van der Waals surface area contributed by atoms with E-state index in [0.717, 1.165) is 5.56 Å². The Balaban J connectivity index is 2.32.